The summed E-state index contributed by atoms with van der Waals surface area (Å²) < 4.78 is 28.4. The fraction of sp³-hybridized carbons (Fsp3) is 0.500. The number of thiophene rings is 1. The van der Waals surface area contributed by atoms with Gasteiger partial charge in [0.25, 0.3) is 0 Å². The van der Waals surface area contributed by atoms with Crippen molar-refractivity contribution in [1.82, 2.24) is 4.31 Å². The number of sulfonamides is 1. The third kappa shape index (κ3) is 3.99. The van der Waals surface area contributed by atoms with Crippen LogP contribution in [0.4, 0.5) is 0 Å². The number of aryl methyl sites for hydroxylation is 1. The molecular weight excluding hydrogens is 350 g/mol. The van der Waals surface area contributed by atoms with Crippen LogP contribution in [0.15, 0.2) is 41.3 Å². The Morgan fingerprint density at radius 2 is 1.76 bits per heavy atom. The number of nitrogens with zero attached hydrogens (tertiary/aromatic N) is 1. The second-order valence-corrected chi connectivity index (χ2v) is 10.4. The van der Waals surface area contributed by atoms with E-state index in [9.17, 15) is 8.42 Å². The van der Waals surface area contributed by atoms with Gasteiger partial charge in [0, 0.05) is 16.3 Å². The van der Waals surface area contributed by atoms with Gasteiger partial charge in [0.1, 0.15) is 0 Å². The maximum Gasteiger partial charge on any atom is 0.243 e. The molecule has 0 saturated carbocycles. The van der Waals surface area contributed by atoms with E-state index >= 15 is 0 Å². The number of hydrogen-bond acceptors (Lipinski definition) is 3. The summed E-state index contributed by atoms with van der Waals surface area (Å²) in [4.78, 5) is 2.82. The Morgan fingerprint density at radius 3 is 2.36 bits per heavy atom. The highest BCUT2D eigenvalue weighted by atomic mass is 32.2. The molecule has 0 aliphatic carbocycles. The molecule has 1 aromatic heterocycles. The summed E-state index contributed by atoms with van der Waals surface area (Å²) >= 11 is 1.72. The summed E-state index contributed by atoms with van der Waals surface area (Å²) in [6.07, 6.45) is 4.02. The lowest BCUT2D eigenvalue weighted by Gasteiger charge is -2.28. The van der Waals surface area contributed by atoms with Crippen LogP contribution in [-0.2, 0) is 10.0 Å². The van der Waals surface area contributed by atoms with E-state index in [2.05, 4.69) is 32.9 Å². The second kappa shape index (κ2) is 7.60. The van der Waals surface area contributed by atoms with Gasteiger partial charge in [-0.05, 0) is 55.5 Å². The third-order valence-corrected chi connectivity index (χ3v) is 7.97. The molecule has 2 heterocycles. The summed E-state index contributed by atoms with van der Waals surface area (Å²) in [5.41, 5.74) is 1.17. The van der Waals surface area contributed by atoms with E-state index in [1.807, 2.05) is 12.1 Å². The van der Waals surface area contributed by atoms with Crippen molar-refractivity contribution in [3.63, 3.8) is 0 Å². The van der Waals surface area contributed by atoms with Gasteiger partial charge in [-0.3, -0.25) is 0 Å². The van der Waals surface area contributed by atoms with Crippen molar-refractivity contribution in [2.45, 2.75) is 63.3 Å². The summed E-state index contributed by atoms with van der Waals surface area (Å²) in [6, 6.07) is 11.6. The first-order chi connectivity index (χ1) is 11.9. The first-order valence-corrected chi connectivity index (χ1v) is 11.3. The lowest BCUT2D eigenvalue weighted by atomic mass is 10.0. The average molecular weight is 378 g/mol. The smallest absolute Gasteiger partial charge is 0.207 e. The van der Waals surface area contributed by atoms with Crippen LogP contribution in [-0.4, -0.2) is 19.3 Å². The van der Waals surface area contributed by atoms with Gasteiger partial charge < -0.3 is 0 Å². The normalized spacial score (nSPS) is 19.9. The quantitative estimate of drug-likeness (QED) is 0.707. The van der Waals surface area contributed by atoms with E-state index in [1.54, 1.807) is 27.8 Å². The minimum atomic E-state index is -3.48. The molecule has 0 unspecified atom stereocenters. The van der Waals surface area contributed by atoms with Crippen LogP contribution < -0.4 is 0 Å². The van der Waals surface area contributed by atoms with E-state index in [0.29, 0.717) is 17.4 Å². The highest BCUT2D eigenvalue weighted by molar-refractivity contribution is 7.89. The third-order valence-electron chi connectivity index (χ3n) is 4.95. The topological polar surface area (TPSA) is 37.4 Å². The van der Waals surface area contributed by atoms with E-state index in [-0.39, 0.29) is 6.04 Å². The molecule has 0 spiro atoms. The minimum absolute atomic E-state index is 0.0315. The fourth-order valence-electron chi connectivity index (χ4n) is 3.45. The molecule has 1 fully saturated rings. The zero-order valence-corrected chi connectivity index (χ0v) is 16.9. The van der Waals surface area contributed by atoms with Crippen molar-refractivity contribution in [2.75, 3.05) is 6.54 Å². The van der Waals surface area contributed by atoms with Crippen LogP contribution in [0.2, 0.25) is 0 Å². The first kappa shape index (κ1) is 18.6. The van der Waals surface area contributed by atoms with Crippen LogP contribution in [0.1, 0.15) is 66.8 Å². The molecule has 5 heteroatoms. The molecule has 136 valence electrons. The van der Waals surface area contributed by atoms with E-state index in [4.69, 9.17) is 0 Å². The molecule has 1 aliphatic rings. The van der Waals surface area contributed by atoms with E-state index in [0.717, 1.165) is 25.7 Å². The van der Waals surface area contributed by atoms with Crippen molar-refractivity contribution < 1.29 is 8.42 Å². The highest BCUT2D eigenvalue weighted by Gasteiger charge is 2.34. The van der Waals surface area contributed by atoms with Gasteiger partial charge in [-0.2, -0.15) is 4.31 Å². The summed E-state index contributed by atoms with van der Waals surface area (Å²) in [5.74, 6) is 0.400. The SMILES string of the molecule is Cc1ccc([C@H]2CCCCCN2S(=O)(=O)c2ccc(C(C)C)cc2)s1. The van der Waals surface area contributed by atoms with Gasteiger partial charge in [-0.15, -0.1) is 11.3 Å². The Kier molecular flexibility index (Phi) is 5.66. The summed E-state index contributed by atoms with van der Waals surface area (Å²) in [7, 11) is -3.48. The van der Waals surface area contributed by atoms with Gasteiger partial charge in [0.05, 0.1) is 10.9 Å². The fourth-order valence-corrected chi connectivity index (χ4v) is 6.21. The lowest BCUT2D eigenvalue weighted by molar-refractivity contribution is 0.333. The van der Waals surface area contributed by atoms with Crippen molar-refractivity contribution in [3.8, 4) is 0 Å². The van der Waals surface area contributed by atoms with Crippen LogP contribution in [0.25, 0.3) is 0 Å². The highest BCUT2D eigenvalue weighted by Crippen LogP contribution is 2.37. The van der Waals surface area contributed by atoms with Gasteiger partial charge in [0.2, 0.25) is 10.0 Å². The van der Waals surface area contributed by atoms with Crippen molar-refractivity contribution in [2.24, 2.45) is 0 Å². The molecule has 25 heavy (non-hydrogen) atoms. The predicted octanol–water partition coefficient (Wildman–Crippen LogP) is 5.49. The predicted molar refractivity (Wildman–Crippen MR) is 105 cm³/mol. The zero-order chi connectivity index (χ0) is 18.0. The van der Waals surface area contributed by atoms with Crippen molar-refractivity contribution in [1.29, 1.82) is 0 Å². The Bertz CT molecular complexity index is 806. The monoisotopic (exact) mass is 377 g/mol. The maximum atomic E-state index is 13.3. The van der Waals surface area contributed by atoms with Gasteiger partial charge in [-0.25, -0.2) is 8.42 Å². The lowest BCUT2D eigenvalue weighted by Crippen LogP contribution is -2.34. The van der Waals surface area contributed by atoms with Crippen molar-refractivity contribution >= 4 is 21.4 Å². The zero-order valence-electron chi connectivity index (χ0n) is 15.2. The van der Waals surface area contributed by atoms with Crippen LogP contribution >= 0.6 is 11.3 Å². The Labute approximate surface area is 155 Å². The molecular formula is C20H27NO2S2. The molecule has 0 N–H and O–H groups in total. The van der Waals surface area contributed by atoms with E-state index in [1.165, 1.54) is 15.3 Å². The number of benzene rings is 1. The standard InChI is InChI=1S/C20H27NO2S2/c1-15(2)17-9-11-18(12-10-17)25(22,23)21-14-6-4-5-7-19(21)20-13-8-16(3)24-20/h8-13,15,19H,4-7,14H2,1-3H3/t19-/m1/s1. The molecule has 1 aliphatic heterocycles. The van der Waals surface area contributed by atoms with E-state index < -0.39 is 10.0 Å². The molecule has 1 saturated heterocycles. The Hall–Kier alpha value is -1.17. The first-order valence-electron chi connectivity index (χ1n) is 9.08. The molecule has 3 nitrogen and oxygen atoms in total. The van der Waals surface area contributed by atoms with Crippen LogP contribution in [0, 0.1) is 6.92 Å². The summed E-state index contributed by atoms with van der Waals surface area (Å²) in [5, 5.41) is 0. The van der Waals surface area contributed by atoms with Gasteiger partial charge in [-0.1, -0.05) is 38.8 Å². The number of rotatable bonds is 4. The molecule has 0 bridgehead atoms. The Morgan fingerprint density at radius 1 is 1.04 bits per heavy atom. The maximum absolute atomic E-state index is 13.3. The second-order valence-electron chi connectivity index (χ2n) is 7.15. The van der Waals surface area contributed by atoms with Crippen LogP contribution in [0.5, 0.6) is 0 Å². The molecule has 1 atom stereocenters. The number of hydrogen-bond donors (Lipinski definition) is 0. The van der Waals surface area contributed by atoms with Crippen LogP contribution in [0.3, 0.4) is 0 Å². The largest absolute Gasteiger partial charge is 0.243 e. The molecule has 2 aromatic rings. The minimum Gasteiger partial charge on any atom is -0.207 e. The van der Waals surface area contributed by atoms with Crippen molar-refractivity contribution in [3.05, 3.63) is 51.7 Å². The summed E-state index contributed by atoms with van der Waals surface area (Å²) in [6.45, 7) is 6.92. The van der Waals surface area contributed by atoms with Gasteiger partial charge in [0.15, 0.2) is 0 Å². The molecule has 3 rings (SSSR count). The molecule has 0 amide bonds. The molecule has 0 radical (unpaired) electrons. The Balaban J connectivity index is 1.96. The average Bonchev–Trinajstić information content (AvgIpc) is 2.86. The van der Waals surface area contributed by atoms with Gasteiger partial charge >= 0.3 is 0 Å². The molecule has 1 aromatic carbocycles.